The predicted molar refractivity (Wildman–Crippen MR) is 35.2 cm³/mol. The lowest BCUT2D eigenvalue weighted by Crippen LogP contribution is -1.79. The summed E-state index contributed by atoms with van der Waals surface area (Å²) >= 11 is 0. The van der Waals surface area contributed by atoms with Crippen LogP contribution in [0.1, 0.15) is 13.8 Å². The first-order valence-corrected chi connectivity index (χ1v) is 3.68. The minimum Gasteiger partial charge on any atom is -0.133 e. The van der Waals surface area contributed by atoms with Gasteiger partial charge < -0.3 is 0 Å². The van der Waals surface area contributed by atoms with Crippen molar-refractivity contribution in [3.63, 3.8) is 0 Å². The van der Waals surface area contributed by atoms with Gasteiger partial charge in [-0.3, -0.25) is 0 Å². The van der Waals surface area contributed by atoms with Gasteiger partial charge in [0.2, 0.25) is 0 Å². The monoisotopic (exact) mass is 149 g/mol. The third-order valence-corrected chi connectivity index (χ3v) is 1.05. The Morgan fingerprint density at radius 1 is 1.78 bits per heavy atom. The maximum absolute atomic E-state index is 9.88. The Bertz CT molecular complexity index is 126. The highest BCUT2D eigenvalue weighted by molar-refractivity contribution is 7.32. The van der Waals surface area contributed by atoms with Crippen LogP contribution >= 0.6 is 8.25 Å². The van der Waals surface area contributed by atoms with Crippen LogP contribution in [-0.4, -0.2) is 11.5 Å². The van der Waals surface area contributed by atoms with Crippen LogP contribution in [0.3, 0.4) is 0 Å². The molecule has 0 aromatic rings. The highest BCUT2D eigenvalue weighted by Crippen LogP contribution is 2.13. The Labute approximate surface area is 55.3 Å². The minimum atomic E-state index is -2.43. The van der Waals surface area contributed by atoms with E-state index in [2.05, 4.69) is 4.52 Å². The number of hydrogen-bond acceptors (Lipinski definition) is 2. The Hall–Kier alpha value is -0.240. The SMILES string of the molecule is CC(C)=CCO[P+](=O)O. The highest BCUT2D eigenvalue weighted by Gasteiger charge is 2.08. The molecule has 0 rings (SSSR count). The molecule has 0 amide bonds. The van der Waals surface area contributed by atoms with Crippen molar-refractivity contribution in [3.8, 4) is 0 Å². The summed E-state index contributed by atoms with van der Waals surface area (Å²) in [5.74, 6) is 0. The van der Waals surface area contributed by atoms with Gasteiger partial charge in [0.15, 0.2) is 0 Å². The zero-order valence-electron chi connectivity index (χ0n) is 5.50. The van der Waals surface area contributed by atoms with Crippen molar-refractivity contribution in [1.29, 1.82) is 0 Å². The smallest absolute Gasteiger partial charge is 0.133 e. The van der Waals surface area contributed by atoms with Crippen LogP contribution in [0.5, 0.6) is 0 Å². The number of rotatable bonds is 3. The molecule has 9 heavy (non-hydrogen) atoms. The van der Waals surface area contributed by atoms with Crippen molar-refractivity contribution in [1.82, 2.24) is 0 Å². The average Bonchev–Trinajstić information content (AvgIpc) is 1.63. The van der Waals surface area contributed by atoms with Crippen molar-refractivity contribution in [3.05, 3.63) is 11.6 Å². The van der Waals surface area contributed by atoms with Gasteiger partial charge in [-0.1, -0.05) is 11.6 Å². The fourth-order valence-electron chi connectivity index (χ4n) is 0.268. The third-order valence-electron chi connectivity index (χ3n) is 0.677. The summed E-state index contributed by atoms with van der Waals surface area (Å²) in [7, 11) is -2.43. The van der Waals surface area contributed by atoms with Gasteiger partial charge in [0, 0.05) is 4.57 Å². The van der Waals surface area contributed by atoms with E-state index in [4.69, 9.17) is 4.89 Å². The largest absolute Gasteiger partial charge is 0.695 e. The molecule has 0 aliphatic carbocycles. The Balaban J connectivity index is 3.31. The van der Waals surface area contributed by atoms with Crippen molar-refractivity contribution < 1.29 is 14.0 Å². The zero-order valence-corrected chi connectivity index (χ0v) is 6.39. The fraction of sp³-hybridized carbons (Fsp3) is 0.600. The molecular formula is C5H10O3P+. The van der Waals surface area contributed by atoms with Crippen LogP contribution in [0.4, 0.5) is 0 Å². The first-order valence-electron chi connectivity index (χ1n) is 2.55. The van der Waals surface area contributed by atoms with E-state index in [1.807, 2.05) is 13.8 Å². The minimum absolute atomic E-state index is 0.216. The maximum Gasteiger partial charge on any atom is 0.695 e. The zero-order chi connectivity index (χ0) is 7.28. The summed E-state index contributed by atoms with van der Waals surface area (Å²) in [5, 5.41) is 0. The summed E-state index contributed by atoms with van der Waals surface area (Å²) in [6.07, 6.45) is 1.74. The van der Waals surface area contributed by atoms with Crippen molar-refractivity contribution in [2.24, 2.45) is 0 Å². The van der Waals surface area contributed by atoms with E-state index in [1.54, 1.807) is 6.08 Å². The molecule has 0 aromatic heterocycles. The molecule has 3 nitrogen and oxygen atoms in total. The van der Waals surface area contributed by atoms with E-state index >= 15 is 0 Å². The quantitative estimate of drug-likeness (QED) is 0.489. The molecule has 0 aliphatic heterocycles. The molecule has 0 aliphatic rings. The molecule has 0 fully saturated rings. The highest BCUT2D eigenvalue weighted by atomic mass is 31.1. The van der Waals surface area contributed by atoms with Crippen LogP contribution in [-0.2, 0) is 9.09 Å². The van der Waals surface area contributed by atoms with Gasteiger partial charge >= 0.3 is 8.25 Å². The molecule has 0 radical (unpaired) electrons. The summed E-state index contributed by atoms with van der Waals surface area (Å²) in [5.41, 5.74) is 1.08. The van der Waals surface area contributed by atoms with Crippen molar-refractivity contribution in [2.75, 3.05) is 6.61 Å². The van der Waals surface area contributed by atoms with Gasteiger partial charge in [-0.05, 0) is 13.8 Å². The Morgan fingerprint density at radius 3 is 2.67 bits per heavy atom. The second kappa shape index (κ2) is 4.62. The lowest BCUT2D eigenvalue weighted by atomic mass is 10.3. The average molecular weight is 149 g/mol. The second-order valence-electron chi connectivity index (χ2n) is 1.82. The van der Waals surface area contributed by atoms with Gasteiger partial charge in [0.05, 0.1) is 0 Å². The van der Waals surface area contributed by atoms with E-state index in [0.29, 0.717) is 0 Å². The molecule has 1 N–H and O–H groups in total. The Morgan fingerprint density at radius 2 is 2.33 bits per heavy atom. The summed E-state index contributed by atoms with van der Waals surface area (Å²) in [6, 6.07) is 0. The number of allylic oxidation sites excluding steroid dienone is 1. The van der Waals surface area contributed by atoms with Gasteiger partial charge in [-0.25, -0.2) is 0 Å². The third kappa shape index (κ3) is 7.76. The first kappa shape index (κ1) is 8.76. The van der Waals surface area contributed by atoms with E-state index in [-0.39, 0.29) is 6.61 Å². The van der Waals surface area contributed by atoms with E-state index in [0.717, 1.165) is 5.57 Å². The molecular weight excluding hydrogens is 139 g/mol. The van der Waals surface area contributed by atoms with Gasteiger partial charge in [-0.15, -0.1) is 9.42 Å². The lowest BCUT2D eigenvalue weighted by molar-refractivity contribution is 0.312. The molecule has 52 valence electrons. The van der Waals surface area contributed by atoms with Crippen molar-refractivity contribution in [2.45, 2.75) is 13.8 Å². The summed E-state index contributed by atoms with van der Waals surface area (Å²) < 4.78 is 14.2. The topological polar surface area (TPSA) is 46.5 Å². The predicted octanol–water partition coefficient (Wildman–Crippen LogP) is 1.62. The van der Waals surface area contributed by atoms with Crippen molar-refractivity contribution >= 4 is 8.25 Å². The summed E-state index contributed by atoms with van der Waals surface area (Å²) in [4.78, 5) is 8.12. The molecule has 0 aromatic carbocycles. The first-order chi connectivity index (χ1) is 4.13. The lowest BCUT2D eigenvalue weighted by Gasteiger charge is -1.82. The molecule has 0 saturated carbocycles. The van der Waals surface area contributed by atoms with Crippen LogP contribution in [0.15, 0.2) is 11.6 Å². The normalized spacial score (nSPS) is 10.8. The molecule has 0 spiro atoms. The van der Waals surface area contributed by atoms with E-state index in [9.17, 15) is 4.57 Å². The van der Waals surface area contributed by atoms with E-state index < -0.39 is 8.25 Å². The fourth-order valence-corrected chi connectivity index (χ4v) is 0.470. The Kier molecular flexibility index (Phi) is 4.50. The molecule has 0 heterocycles. The van der Waals surface area contributed by atoms with Gasteiger partial charge in [0.1, 0.15) is 6.61 Å². The van der Waals surface area contributed by atoms with Crippen LogP contribution in [0.25, 0.3) is 0 Å². The molecule has 4 heteroatoms. The standard InChI is InChI=1S/C5H9O3P/c1-5(2)3-4-8-9(6)7/h3H,4H2,1-2H3/p+1. The molecule has 0 saturated heterocycles. The molecule has 0 bridgehead atoms. The van der Waals surface area contributed by atoms with Crippen LogP contribution < -0.4 is 0 Å². The molecule has 1 atom stereocenters. The van der Waals surface area contributed by atoms with Gasteiger partial charge in [0.25, 0.3) is 0 Å². The van der Waals surface area contributed by atoms with Gasteiger partial charge in [-0.2, -0.15) is 0 Å². The summed E-state index contributed by atoms with van der Waals surface area (Å²) in [6.45, 7) is 4.01. The molecule has 1 unspecified atom stereocenters. The maximum atomic E-state index is 9.88. The number of hydrogen-bond donors (Lipinski definition) is 1. The van der Waals surface area contributed by atoms with E-state index in [1.165, 1.54) is 0 Å². The van der Waals surface area contributed by atoms with Crippen LogP contribution in [0.2, 0.25) is 0 Å². The van der Waals surface area contributed by atoms with Crippen LogP contribution in [0, 0.1) is 0 Å². The second-order valence-corrected chi connectivity index (χ2v) is 2.55.